The first kappa shape index (κ1) is 14.2. The van der Waals surface area contributed by atoms with Crippen molar-refractivity contribution in [3.63, 3.8) is 0 Å². The molecule has 0 heterocycles. The maximum Gasteiger partial charge on any atom is 0.335 e. The molecule has 0 saturated heterocycles. The summed E-state index contributed by atoms with van der Waals surface area (Å²) in [4.78, 5) is 10.6. The highest BCUT2D eigenvalue weighted by molar-refractivity contribution is 5.88. The lowest BCUT2D eigenvalue weighted by atomic mass is 10.2. The zero-order chi connectivity index (χ0) is 12.6. The first-order valence-electron chi connectivity index (χ1n) is 4.46. The number of methoxy groups -OCH3 is 3. The molecule has 0 aliphatic heterocycles. The Morgan fingerprint density at radius 1 is 1.06 bits per heavy atom. The van der Waals surface area contributed by atoms with Crippen LogP contribution in [0.3, 0.4) is 0 Å². The number of carboxylic acids is 1. The Balaban J connectivity index is 0.000000673. The fourth-order valence-electron chi connectivity index (χ4n) is 0.969. The van der Waals surface area contributed by atoms with Crippen molar-refractivity contribution in [2.75, 3.05) is 28.4 Å². The Morgan fingerprint density at radius 3 is 1.94 bits per heavy atom. The highest BCUT2D eigenvalue weighted by Crippen LogP contribution is 2.27. The molecule has 0 unspecified atom stereocenters. The van der Waals surface area contributed by atoms with E-state index in [0.29, 0.717) is 11.5 Å². The number of hydrogen-bond donors (Lipinski definition) is 1. The molecule has 0 atom stereocenters. The molecule has 1 rings (SSSR count). The second-order valence-electron chi connectivity index (χ2n) is 2.78. The van der Waals surface area contributed by atoms with Crippen LogP contribution in [0, 0.1) is 0 Å². The van der Waals surface area contributed by atoms with Crippen LogP contribution in [0.4, 0.5) is 0 Å². The van der Waals surface area contributed by atoms with Gasteiger partial charge in [-0.3, -0.25) is 0 Å². The van der Waals surface area contributed by atoms with Crippen molar-refractivity contribution in [2.45, 2.75) is 0 Å². The molecule has 5 nitrogen and oxygen atoms in total. The van der Waals surface area contributed by atoms with Crippen molar-refractivity contribution in [3.05, 3.63) is 23.8 Å². The molecule has 1 N–H and O–H groups in total. The van der Waals surface area contributed by atoms with Crippen LogP contribution < -0.4 is 9.47 Å². The molecule has 0 aliphatic rings. The molecule has 0 aliphatic carbocycles. The van der Waals surface area contributed by atoms with E-state index in [1.807, 2.05) is 0 Å². The molecule has 5 heteroatoms. The summed E-state index contributed by atoms with van der Waals surface area (Å²) >= 11 is 0. The van der Waals surface area contributed by atoms with Crippen LogP contribution in [-0.2, 0) is 4.74 Å². The Labute approximate surface area is 94.6 Å². The quantitative estimate of drug-likeness (QED) is 0.852. The summed E-state index contributed by atoms with van der Waals surface area (Å²) in [5, 5.41) is 8.67. The highest BCUT2D eigenvalue weighted by Gasteiger charge is 2.08. The summed E-state index contributed by atoms with van der Waals surface area (Å²) in [5.41, 5.74) is 0.178. The van der Waals surface area contributed by atoms with Crippen LogP contribution in [0.5, 0.6) is 11.5 Å². The zero-order valence-electron chi connectivity index (χ0n) is 9.81. The first-order chi connectivity index (χ1) is 7.60. The summed E-state index contributed by atoms with van der Waals surface area (Å²) in [7, 11) is 6.21. The third-order valence-corrected chi connectivity index (χ3v) is 1.63. The van der Waals surface area contributed by atoms with Crippen molar-refractivity contribution in [1.29, 1.82) is 0 Å². The summed E-state index contributed by atoms with van der Waals surface area (Å²) in [6.45, 7) is 0. The van der Waals surface area contributed by atoms with Gasteiger partial charge in [0.05, 0.1) is 19.8 Å². The fourth-order valence-corrected chi connectivity index (χ4v) is 0.969. The predicted molar refractivity (Wildman–Crippen MR) is 59.4 cm³/mol. The maximum atomic E-state index is 10.6. The SMILES string of the molecule is COC.COc1ccc(C(=O)O)cc1OC. The number of rotatable bonds is 3. The average molecular weight is 228 g/mol. The van der Waals surface area contributed by atoms with E-state index in [1.54, 1.807) is 20.3 Å². The topological polar surface area (TPSA) is 65.0 Å². The fraction of sp³-hybridized carbons (Fsp3) is 0.364. The second kappa shape index (κ2) is 7.53. The molecular formula is C11H16O5. The predicted octanol–water partition coefficient (Wildman–Crippen LogP) is 1.66. The minimum atomic E-state index is -0.985. The van der Waals surface area contributed by atoms with Gasteiger partial charge in [-0.15, -0.1) is 0 Å². The zero-order valence-corrected chi connectivity index (χ0v) is 9.81. The molecule has 1 aromatic rings. The van der Waals surface area contributed by atoms with E-state index in [2.05, 4.69) is 4.74 Å². The molecule has 0 saturated carbocycles. The van der Waals surface area contributed by atoms with Crippen LogP contribution in [0.15, 0.2) is 18.2 Å². The Hall–Kier alpha value is -1.75. The smallest absolute Gasteiger partial charge is 0.335 e. The lowest BCUT2D eigenvalue weighted by molar-refractivity contribution is 0.0696. The molecule has 1 aromatic carbocycles. The van der Waals surface area contributed by atoms with Gasteiger partial charge < -0.3 is 19.3 Å². The lowest BCUT2D eigenvalue weighted by Gasteiger charge is -2.07. The van der Waals surface area contributed by atoms with Gasteiger partial charge in [0.25, 0.3) is 0 Å². The standard InChI is InChI=1S/C9H10O4.C2H6O/c1-12-7-4-3-6(9(10)11)5-8(7)13-2;1-3-2/h3-5H,1-2H3,(H,10,11);1-2H3. The van der Waals surface area contributed by atoms with Crippen molar-refractivity contribution >= 4 is 5.97 Å². The van der Waals surface area contributed by atoms with E-state index in [0.717, 1.165) is 0 Å². The van der Waals surface area contributed by atoms with Gasteiger partial charge in [-0.25, -0.2) is 4.79 Å². The van der Waals surface area contributed by atoms with Gasteiger partial charge in [-0.2, -0.15) is 0 Å². The Bertz CT molecular complexity index is 335. The number of ether oxygens (including phenoxy) is 3. The van der Waals surface area contributed by atoms with Gasteiger partial charge in [0.15, 0.2) is 11.5 Å². The number of hydrogen-bond acceptors (Lipinski definition) is 4. The van der Waals surface area contributed by atoms with Gasteiger partial charge >= 0.3 is 5.97 Å². The van der Waals surface area contributed by atoms with E-state index in [9.17, 15) is 4.79 Å². The number of benzene rings is 1. The largest absolute Gasteiger partial charge is 0.493 e. The minimum Gasteiger partial charge on any atom is -0.493 e. The molecule has 0 bridgehead atoms. The Kier molecular flexibility index (Phi) is 6.71. The van der Waals surface area contributed by atoms with Crippen LogP contribution in [0.25, 0.3) is 0 Å². The van der Waals surface area contributed by atoms with Gasteiger partial charge in [0.1, 0.15) is 0 Å². The second-order valence-corrected chi connectivity index (χ2v) is 2.78. The van der Waals surface area contributed by atoms with Crippen LogP contribution in [0.1, 0.15) is 10.4 Å². The molecule has 0 aromatic heterocycles. The van der Waals surface area contributed by atoms with Crippen molar-refractivity contribution in [3.8, 4) is 11.5 Å². The summed E-state index contributed by atoms with van der Waals surface area (Å²) in [6, 6.07) is 4.44. The normalized spacial score (nSPS) is 8.75. The highest BCUT2D eigenvalue weighted by atomic mass is 16.5. The van der Waals surface area contributed by atoms with Crippen LogP contribution in [-0.4, -0.2) is 39.5 Å². The summed E-state index contributed by atoms with van der Waals surface area (Å²) in [5.74, 6) is -0.0455. The molecule has 90 valence electrons. The monoisotopic (exact) mass is 228 g/mol. The van der Waals surface area contributed by atoms with E-state index < -0.39 is 5.97 Å². The number of carboxylic acid groups (broad SMARTS) is 1. The van der Waals surface area contributed by atoms with E-state index >= 15 is 0 Å². The van der Waals surface area contributed by atoms with Crippen molar-refractivity contribution in [1.82, 2.24) is 0 Å². The lowest BCUT2D eigenvalue weighted by Crippen LogP contribution is -1.98. The molecule has 0 spiro atoms. The average Bonchev–Trinajstić information content (AvgIpc) is 2.29. The number of aromatic carboxylic acids is 1. The van der Waals surface area contributed by atoms with Gasteiger partial charge in [-0.05, 0) is 18.2 Å². The van der Waals surface area contributed by atoms with E-state index in [-0.39, 0.29) is 5.56 Å². The van der Waals surface area contributed by atoms with Gasteiger partial charge in [0, 0.05) is 14.2 Å². The van der Waals surface area contributed by atoms with Crippen molar-refractivity contribution < 1.29 is 24.1 Å². The minimum absolute atomic E-state index is 0.178. The molecular weight excluding hydrogens is 212 g/mol. The maximum absolute atomic E-state index is 10.6. The van der Waals surface area contributed by atoms with Crippen LogP contribution in [0.2, 0.25) is 0 Å². The Morgan fingerprint density at radius 2 is 1.56 bits per heavy atom. The summed E-state index contributed by atoms with van der Waals surface area (Å²) in [6.07, 6.45) is 0. The van der Waals surface area contributed by atoms with Crippen LogP contribution >= 0.6 is 0 Å². The van der Waals surface area contributed by atoms with Crippen molar-refractivity contribution in [2.24, 2.45) is 0 Å². The molecule has 16 heavy (non-hydrogen) atoms. The molecule has 0 amide bonds. The third-order valence-electron chi connectivity index (χ3n) is 1.63. The molecule has 0 radical (unpaired) electrons. The summed E-state index contributed by atoms with van der Waals surface area (Å²) < 4.78 is 14.1. The third kappa shape index (κ3) is 4.18. The first-order valence-corrected chi connectivity index (χ1v) is 4.46. The number of carbonyl (C=O) groups is 1. The van der Waals surface area contributed by atoms with Gasteiger partial charge in [0.2, 0.25) is 0 Å². The van der Waals surface area contributed by atoms with E-state index in [4.69, 9.17) is 14.6 Å². The molecule has 0 fully saturated rings. The van der Waals surface area contributed by atoms with Gasteiger partial charge in [-0.1, -0.05) is 0 Å². The van der Waals surface area contributed by atoms with E-state index in [1.165, 1.54) is 26.4 Å².